The zero-order valence-electron chi connectivity index (χ0n) is 8.36. The Hall–Kier alpha value is -1.84. The van der Waals surface area contributed by atoms with Crippen LogP contribution in [0.1, 0.15) is 13.3 Å². The fraction of sp³-hybridized carbons (Fsp3) is 0.273. The van der Waals surface area contributed by atoms with Crippen LogP contribution in [0.4, 0.5) is 0 Å². The SMILES string of the molecule is C=CC1(C(=O)O)CC(C(=O)O)=CC=C1C. The molecule has 0 aromatic heterocycles. The van der Waals surface area contributed by atoms with E-state index < -0.39 is 17.4 Å². The van der Waals surface area contributed by atoms with Gasteiger partial charge >= 0.3 is 11.9 Å². The van der Waals surface area contributed by atoms with Gasteiger partial charge in [-0.2, -0.15) is 0 Å². The van der Waals surface area contributed by atoms with Crippen LogP contribution in [-0.2, 0) is 9.59 Å². The molecule has 4 heteroatoms. The van der Waals surface area contributed by atoms with Crippen molar-refractivity contribution < 1.29 is 19.8 Å². The van der Waals surface area contributed by atoms with Crippen LogP contribution in [-0.4, -0.2) is 22.2 Å². The number of hydrogen-bond acceptors (Lipinski definition) is 2. The number of carbonyl (C=O) groups is 2. The maximum atomic E-state index is 11.2. The Morgan fingerprint density at radius 2 is 2.07 bits per heavy atom. The molecule has 0 aromatic carbocycles. The summed E-state index contributed by atoms with van der Waals surface area (Å²) in [6.45, 7) is 5.14. The second-order valence-corrected chi connectivity index (χ2v) is 3.50. The van der Waals surface area contributed by atoms with Gasteiger partial charge in [-0.3, -0.25) is 4.79 Å². The quantitative estimate of drug-likeness (QED) is 0.691. The zero-order chi connectivity index (χ0) is 11.6. The van der Waals surface area contributed by atoms with Crippen LogP contribution in [0.15, 0.2) is 36.0 Å². The molecule has 0 aromatic rings. The van der Waals surface area contributed by atoms with Crippen molar-refractivity contribution in [3.63, 3.8) is 0 Å². The van der Waals surface area contributed by atoms with E-state index in [1.54, 1.807) is 6.92 Å². The topological polar surface area (TPSA) is 74.6 Å². The lowest BCUT2D eigenvalue weighted by molar-refractivity contribution is -0.144. The molecule has 0 heterocycles. The lowest BCUT2D eigenvalue weighted by Gasteiger charge is -2.29. The van der Waals surface area contributed by atoms with Gasteiger partial charge in [0, 0.05) is 12.0 Å². The predicted molar refractivity (Wildman–Crippen MR) is 54.4 cm³/mol. The first kappa shape index (κ1) is 11.2. The normalized spacial score (nSPS) is 25.1. The molecule has 1 rings (SSSR count). The molecule has 4 nitrogen and oxygen atoms in total. The fourth-order valence-corrected chi connectivity index (χ4v) is 1.58. The molecule has 0 bridgehead atoms. The number of aliphatic carboxylic acids is 2. The van der Waals surface area contributed by atoms with Gasteiger partial charge in [0.1, 0.15) is 5.41 Å². The van der Waals surface area contributed by atoms with Crippen LogP contribution < -0.4 is 0 Å². The highest BCUT2D eigenvalue weighted by Crippen LogP contribution is 2.39. The molecular weight excluding hydrogens is 196 g/mol. The molecule has 0 spiro atoms. The second kappa shape index (κ2) is 3.73. The first-order chi connectivity index (χ1) is 6.94. The van der Waals surface area contributed by atoms with Crippen LogP contribution in [0.3, 0.4) is 0 Å². The van der Waals surface area contributed by atoms with Gasteiger partial charge in [0.25, 0.3) is 0 Å². The molecule has 1 unspecified atom stereocenters. The molecule has 2 N–H and O–H groups in total. The summed E-state index contributed by atoms with van der Waals surface area (Å²) < 4.78 is 0. The zero-order valence-corrected chi connectivity index (χ0v) is 8.36. The molecule has 0 aliphatic heterocycles. The van der Waals surface area contributed by atoms with Gasteiger partial charge in [-0.05, 0) is 6.92 Å². The van der Waals surface area contributed by atoms with Crippen molar-refractivity contribution in [3.05, 3.63) is 36.0 Å². The third kappa shape index (κ3) is 1.70. The Labute approximate surface area is 87.2 Å². The van der Waals surface area contributed by atoms with Gasteiger partial charge in [-0.15, -0.1) is 6.58 Å². The van der Waals surface area contributed by atoms with E-state index in [0.29, 0.717) is 5.57 Å². The minimum atomic E-state index is -1.28. The van der Waals surface area contributed by atoms with E-state index >= 15 is 0 Å². The maximum Gasteiger partial charge on any atom is 0.331 e. The summed E-state index contributed by atoms with van der Waals surface area (Å²) in [7, 11) is 0. The van der Waals surface area contributed by atoms with Gasteiger partial charge in [-0.1, -0.05) is 23.8 Å². The molecule has 80 valence electrons. The summed E-state index contributed by atoms with van der Waals surface area (Å²) in [4.78, 5) is 21.9. The van der Waals surface area contributed by atoms with E-state index in [1.165, 1.54) is 18.2 Å². The third-order valence-corrected chi connectivity index (χ3v) is 2.71. The van der Waals surface area contributed by atoms with E-state index in [4.69, 9.17) is 10.2 Å². The summed E-state index contributed by atoms with van der Waals surface area (Å²) in [6, 6.07) is 0. The molecule has 1 aliphatic rings. The fourth-order valence-electron chi connectivity index (χ4n) is 1.58. The van der Waals surface area contributed by atoms with Crippen LogP contribution in [0.5, 0.6) is 0 Å². The van der Waals surface area contributed by atoms with Gasteiger partial charge in [0.05, 0.1) is 0 Å². The van der Waals surface area contributed by atoms with Crippen LogP contribution in [0.25, 0.3) is 0 Å². The summed E-state index contributed by atoms with van der Waals surface area (Å²) in [5.74, 6) is -2.16. The lowest BCUT2D eigenvalue weighted by atomic mass is 9.73. The molecule has 1 atom stereocenters. The Morgan fingerprint density at radius 3 is 2.47 bits per heavy atom. The molecule has 1 aliphatic carbocycles. The molecule has 0 amide bonds. The molecule has 15 heavy (non-hydrogen) atoms. The number of hydrogen-bond donors (Lipinski definition) is 2. The Balaban J connectivity index is 3.21. The van der Waals surface area contributed by atoms with Crippen LogP contribution in [0, 0.1) is 5.41 Å². The molecule has 0 saturated heterocycles. The average Bonchev–Trinajstić information content (AvgIpc) is 2.18. The van der Waals surface area contributed by atoms with Crippen molar-refractivity contribution in [2.24, 2.45) is 5.41 Å². The first-order valence-corrected chi connectivity index (χ1v) is 4.42. The largest absolute Gasteiger partial charge is 0.480 e. The highest BCUT2D eigenvalue weighted by atomic mass is 16.4. The average molecular weight is 208 g/mol. The number of allylic oxidation sites excluding steroid dienone is 2. The van der Waals surface area contributed by atoms with Crippen molar-refractivity contribution >= 4 is 11.9 Å². The number of carboxylic acid groups (broad SMARTS) is 2. The van der Waals surface area contributed by atoms with Crippen molar-refractivity contribution in [2.75, 3.05) is 0 Å². The predicted octanol–water partition coefficient (Wildman–Crippen LogP) is 1.60. The molecular formula is C11H12O4. The maximum absolute atomic E-state index is 11.2. The Kier molecular flexibility index (Phi) is 2.79. The Morgan fingerprint density at radius 1 is 1.47 bits per heavy atom. The van der Waals surface area contributed by atoms with Crippen molar-refractivity contribution in [3.8, 4) is 0 Å². The van der Waals surface area contributed by atoms with E-state index in [9.17, 15) is 9.59 Å². The highest BCUT2D eigenvalue weighted by molar-refractivity contribution is 5.91. The van der Waals surface area contributed by atoms with Crippen LogP contribution >= 0.6 is 0 Å². The summed E-state index contributed by atoms with van der Waals surface area (Å²) in [6.07, 6.45) is 4.19. The molecule has 0 radical (unpaired) electrons. The van der Waals surface area contributed by atoms with E-state index in [-0.39, 0.29) is 12.0 Å². The van der Waals surface area contributed by atoms with Gasteiger partial charge < -0.3 is 10.2 Å². The highest BCUT2D eigenvalue weighted by Gasteiger charge is 2.40. The van der Waals surface area contributed by atoms with Crippen molar-refractivity contribution in [1.29, 1.82) is 0 Å². The number of carboxylic acids is 2. The lowest BCUT2D eigenvalue weighted by Crippen LogP contribution is -2.33. The monoisotopic (exact) mass is 208 g/mol. The number of rotatable bonds is 3. The van der Waals surface area contributed by atoms with Gasteiger partial charge in [-0.25, -0.2) is 4.79 Å². The molecule has 0 fully saturated rings. The van der Waals surface area contributed by atoms with E-state index in [1.807, 2.05) is 0 Å². The minimum Gasteiger partial charge on any atom is -0.480 e. The standard InChI is InChI=1S/C11H12O4/c1-3-11(10(14)15)6-8(9(12)13)5-4-7(11)2/h3-5H,1,6H2,2H3,(H,12,13)(H,14,15). The second-order valence-electron chi connectivity index (χ2n) is 3.50. The smallest absolute Gasteiger partial charge is 0.331 e. The summed E-state index contributed by atoms with van der Waals surface area (Å²) in [5.41, 5.74) is -0.597. The van der Waals surface area contributed by atoms with Crippen molar-refractivity contribution in [1.82, 2.24) is 0 Å². The third-order valence-electron chi connectivity index (χ3n) is 2.71. The van der Waals surface area contributed by atoms with E-state index in [2.05, 4.69) is 6.58 Å². The first-order valence-electron chi connectivity index (χ1n) is 4.42. The Bertz CT molecular complexity index is 389. The van der Waals surface area contributed by atoms with E-state index in [0.717, 1.165) is 0 Å². The summed E-state index contributed by atoms with van der Waals surface area (Å²) >= 11 is 0. The minimum absolute atomic E-state index is 0.0521. The van der Waals surface area contributed by atoms with Crippen molar-refractivity contribution in [2.45, 2.75) is 13.3 Å². The van der Waals surface area contributed by atoms with Crippen LogP contribution in [0.2, 0.25) is 0 Å². The van der Waals surface area contributed by atoms with Gasteiger partial charge in [0.15, 0.2) is 0 Å². The van der Waals surface area contributed by atoms with Gasteiger partial charge in [0.2, 0.25) is 0 Å². The molecule has 0 saturated carbocycles. The summed E-state index contributed by atoms with van der Waals surface area (Å²) in [5, 5.41) is 17.9.